The first-order chi connectivity index (χ1) is 43.5. The van der Waals surface area contributed by atoms with Crippen LogP contribution in [-0.2, 0) is 14.3 Å². The minimum atomic E-state index is -0.842. The van der Waals surface area contributed by atoms with E-state index in [1.807, 2.05) is 6.08 Å². The normalized spacial score (nSPS) is 12.5. The topological polar surface area (TPSA) is 95.9 Å². The number of carbonyl (C=O) groups is 2. The van der Waals surface area contributed by atoms with Crippen LogP contribution < -0.4 is 5.32 Å². The molecule has 0 bridgehead atoms. The van der Waals surface area contributed by atoms with Gasteiger partial charge in [-0.15, -0.1) is 0 Å². The standard InChI is InChI=1S/C82H161NO5/c1-3-5-7-9-11-13-15-17-19-21-23-35-39-42-46-50-54-58-62-66-70-74-80(85)79(78-84)83-81(86)75-71-67-63-59-55-51-47-43-40-36-33-31-29-27-25-24-26-28-30-32-34-37-41-45-49-53-57-61-65-69-73-77-88-82(87)76-72-68-64-60-56-52-48-44-38-22-20-18-16-14-12-10-8-6-4-2/h70,74,79-80,84-85H,3-69,71-73,75-78H2,1-2H3,(H,83,86)/b74-70+. The number of nitrogens with one attached hydrogen (secondary N) is 1. The summed E-state index contributed by atoms with van der Waals surface area (Å²) in [5, 5.41) is 23.3. The maximum atomic E-state index is 12.5. The molecule has 0 aromatic heterocycles. The molecule has 2 atom stereocenters. The second-order valence-corrected chi connectivity index (χ2v) is 28.5. The number of unbranched alkanes of at least 4 members (excludes halogenated alkanes) is 67. The van der Waals surface area contributed by atoms with Crippen LogP contribution >= 0.6 is 0 Å². The van der Waals surface area contributed by atoms with Gasteiger partial charge in [-0.3, -0.25) is 9.59 Å². The van der Waals surface area contributed by atoms with E-state index < -0.39 is 12.1 Å². The average Bonchev–Trinajstić information content (AvgIpc) is 3.58. The number of esters is 1. The van der Waals surface area contributed by atoms with Crippen molar-refractivity contribution in [1.29, 1.82) is 0 Å². The summed E-state index contributed by atoms with van der Waals surface area (Å²) in [6, 6.07) is -0.625. The van der Waals surface area contributed by atoms with E-state index in [-0.39, 0.29) is 18.5 Å². The third kappa shape index (κ3) is 73.6. The molecule has 0 aliphatic carbocycles. The van der Waals surface area contributed by atoms with E-state index in [4.69, 9.17) is 4.74 Å². The summed E-state index contributed by atoms with van der Waals surface area (Å²) in [7, 11) is 0. The van der Waals surface area contributed by atoms with Crippen molar-refractivity contribution in [2.75, 3.05) is 13.2 Å². The Kier molecular flexibility index (Phi) is 76.8. The van der Waals surface area contributed by atoms with Crippen molar-refractivity contribution < 1.29 is 24.5 Å². The molecular formula is C82H161NO5. The number of aliphatic hydroxyl groups is 2. The van der Waals surface area contributed by atoms with Gasteiger partial charge in [-0.25, -0.2) is 0 Å². The van der Waals surface area contributed by atoms with Crippen LogP contribution in [0, 0.1) is 0 Å². The number of ether oxygens (including phenoxy) is 1. The molecule has 0 heterocycles. The first kappa shape index (κ1) is 86.6. The third-order valence-corrected chi connectivity index (χ3v) is 19.6. The Morgan fingerprint density at radius 1 is 0.307 bits per heavy atom. The molecule has 0 rings (SSSR count). The summed E-state index contributed by atoms with van der Waals surface area (Å²) in [5.74, 6) is -0.0317. The van der Waals surface area contributed by atoms with Crippen molar-refractivity contribution in [3.05, 3.63) is 12.2 Å². The third-order valence-electron chi connectivity index (χ3n) is 19.6. The van der Waals surface area contributed by atoms with Gasteiger partial charge >= 0.3 is 5.97 Å². The number of aliphatic hydroxyl groups excluding tert-OH is 2. The molecular weight excluding hydrogens is 1080 g/mol. The van der Waals surface area contributed by atoms with Gasteiger partial charge in [-0.2, -0.15) is 0 Å². The van der Waals surface area contributed by atoms with Crippen LogP contribution in [0.15, 0.2) is 12.2 Å². The molecule has 0 aliphatic rings. The van der Waals surface area contributed by atoms with E-state index in [9.17, 15) is 19.8 Å². The number of hydrogen-bond acceptors (Lipinski definition) is 5. The predicted octanol–water partition coefficient (Wildman–Crippen LogP) is 27.1. The molecule has 0 saturated carbocycles. The zero-order chi connectivity index (χ0) is 63.5. The van der Waals surface area contributed by atoms with Gasteiger partial charge in [-0.1, -0.05) is 443 Å². The monoisotopic (exact) mass is 1240 g/mol. The van der Waals surface area contributed by atoms with E-state index in [1.165, 1.54) is 411 Å². The minimum Gasteiger partial charge on any atom is -0.466 e. The second-order valence-electron chi connectivity index (χ2n) is 28.5. The van der Waals surface area contributed by atoms with Crippen LogP contribution in [0.5, 0.6) is 0 Å². The Hall–Kier alpha value is -1.40. The predicted molar refractivity (Wildman–Crippen MR) is 389 cm³/mol. The fourth-order valence-corrected chi connectivity index (χ4v) is 13.3. The number of rotatable bonds is 78. The SMILES string of the molecule is CCCCCCCCCCCCCCCCCCCCC/C=C/C(O)C(CO)NC(=O)CCCCCCCCCCCCCCCCCCCCCCCCCCCCCCCCCOC(=O)CCCCCCCCCCCCCCCCCCCCC. The van der Waals surface area contributed by atoms with Crippen LogP contribution in [0.3, 0.4) is 0 Å². The van der Waals surface area contributed by atoms with Crippen molar-refractivity contribution in [2.45, 2.75) is 488 Å². The van der Waals surface area contributed by atoms with E-state index >= 15 is 0 Å². The Morgan fingerprint density at radius 3 is 0.773 bits per heavy atom. The lowest BCUT2D eigenvalue weighted by atomic mass is 10.0. The van der Waals surface area contributed by atoms with Gasteiger partial charge in [0.1, 0.15) is 0 Å². The smallest absolute Gasteiger partial charge is 0.305 e. The zero-order valence-electron chi connectivity index (χ0n) is 60.3. The molecule has 0 fully saturated rings. The van der Waals surface area contributed by atoms with Crippen LogP contribution in [-0.4, -0.2) is 47.4 Å². The minimum absolute atomic E-state index is 0.0266. The molecule has 0 spiro atoms. The molecule has 88 heavy (non-hydrogen) atoms. The lowest BCUT2D eigenvalue weighted by Gasteiger charge is -2.20. The van der Waals surface area contributed by atoms with Gasteiger partial charge in [0.15, 0.2) is 0 Å². The van der Waals surface area contributed by atoms with E-state index in [1.54, 1.807) is 6.08 Å². The van der Waals surface area contributed by atoms with Crippen LogP contribution in [0.25, 0.3) is 0 Å². The summed E-state index contributed by atoms with van der Waals surface area (Å²) in [6.45, 7) is 4.97. The van der Waals surface area contributed by atoms with Gasteiger partial charge in [0.2, 0.25) is 5.91 Å². The molecule has 0 saturated heterocycles. The van der Waals surface area contributed by atoms with Crippen molar-refractivity contribution >= 4 is 11.9 Å². The number of allylic oxidation sites excluding steroid dienone is 1. The molecule has 6 heteroatoms. The summed E-state index contributed by atoms with van der Waals surface area (Å²) >= 11 is 0. The lowest BCUT2D eigenvalue weighted by molar-refractivity contribution is -0.143. The number of amides is 1. The second kappa shape index (κ2) is 78.0. The largest absolute Gasteiger partial charge is 0.466 e. The lowest BCUT2D eigenvalue weighted by Crippen LogP contribution is -2.45. The number of hydrogen-bond donors (Lipinski definition) is 3. The molecule has 0 aromatic rings. The quantitative estimate of drug-likeness (QED) is 0.0320. The summed E-state index contributed by atoms with van der Waals surface area (Å²) in [6.07, 6.45) is 99.2. The van der Waals surface area contributed by atoms with Gasteiger partial charge in [0, 0.05) is 12.8 Å². The Labute approximate surface area is 552 Å². The van der Waals surface area contributed by atoms with Crippen molar-refractivity contribution in [2.24, 2.45) is 0 Å². The van der Waals surface area contributed by atoms with Gasteiger partial charge < -0.3 is 20.3 Å². The summed E-state index contributed by atoms with van der Waals surface area (Å²) in [5.41, 5.74) is 0. The molecule has 3 N–H and O–H groups in total. The highest BCUT2D eigenvalue weighted by Gasteiger charge is 2.18. The Balaban J connectivity index is 3.33. The van der Waals surface area contributed by atoms with E-state index in [0.29, 0.717) is 19.4 Å². The summed E-state index contributed by atoms with van der Waals surface area (Å²) in [4.78, 5) is 24.7. The Morgan fingerprint density at radius 2 is 0.523 bits per heavy atom. The van der Waals surface area contributed by atoms with E-state index in [0.717, 1.165) is 38.5 Å². The van der Waals surface area contributed by atoms with Crippen molar-refractivity contribution in [3.63, 3.8) is 0 Å². The molecule has 1 amide bonds. The first-order valence-electron chi connectivity index (χ1n) is 41.0. The van der Waals surface area contributed by atoms with Crippen LogP contribution in [0.1, 0.15) is 476 Å². The van der Waals surface area contributed by atoms with Crippen LogP contribution in [0.2, 0.25) is 0 Å². The maximum absolute atomic E-state index is 12.5. The molecule has 0 aromatic carbocycles. The number of carbonyl (C=O) groups excluding carboxylic acids is 2. The highest BCUT2D eigenvalue weighted by molar-refractivity contribution is 5.76. The van der Waals surface area contributed by atoms with Crippen LogP contribution in [0.4, 0.5) is 0 Å². The fourth-order valence-electron chi connectivity index (χ4n) is 13.3. The zero-order valence-corrected chi connectivity index (χ0v) is 60.3. The van der Waals surface area contributed by atoms with Gasteiger partial charge in [0.25, 0.3) is 0 Å². The average molecular weight is 1240 g/mol. The molecule has 524 valence electrons. The maximum Gasteiger partial charge on any atom is 0.305 e. The fraction of sp³-hybridized carbons (Fsp3) is 0.951. The van der Waals surface area contributed by atoms with Gasteiger partial charge in [-0.05, 0) is 32.1 Å². The Bertz CT molecular complexity index is 1340. The van der Waals surface area contributed by atoms with Crippen molar-refractivity contribution in [1.82, 2.24) is 5.32 Å². The molecule has 2 unspecified atom stereocenters. The molecule has 0 aliphatic heterocycles. The highest BCUT2D eigenvalue weighted by Crippen LogP contribution is 2.21. The molecule has 6 nitrogen and oxygen atoms in total. The molecule has 0 radical (unpaired) electrons. The van der Waals surface area contributed by atoms with E-state index in [2.05, 4.69) is 19.2 Å². The van der Waals surface area contributed by atoms with Crippen molar-refractivity contribution in [3.8, 4) is 0 Å². The summed E-state index contributed by atoms with van der Waals surface area (Å²) < 4.78 is 5.52. The highest BCUT2D eigenvalue weighted by atomic mass is 16.5. The van der Waals surface area contributed by atoms with Gasteiger partial charge in [0.05, 0.1) is 25.4 Å². The first-order valence-corrected chi connectivity index (χ1v) is 41.0.